The van der Waals surface area contributed by atoms with Crippen LogP contribution in [0, 0.1) is 10.1 Å². The van der Waals surface area contributed by atoms with Gasteiger partial charge in [0.25, 0.3) is 11.6 Å². The maximum atomic E-state index is 12.3. The minimum atomic E-state index is -1.28. The van der Waals surface area contributed by atoms with Gasteiger partial charge in [-0.3, -0.25) is 14.9 Å². The zero-order chi connectivity index (χ0) is 17.3. The number of hydrogen-bond acceptors (Lipinski definition) is 6. The molecule has 124 valence electrons. The lowest BCUT2D eigenvalue weighted by Crippen LogP contribution is -2.59. The van der Waals surface area contributed by atoms with E-state index in [9.17, 15) is 24.8 Å². The molecule has 1 aromatic heterocycles. The average molecular weight is 331 g/mol. The van der Waals surface area contributed by atoms with Crippen molar-refractivity contribution in [3.05, 3.63) is 46.5 Å². The van der Waals surface area contributed by atoms with Crippen molar-refractivity contribution in [2.75, 3.05) is 0 Å². The molecule has 0 radical (unpaired) electrons. The van der Waals surface area contributed by atoms with E-state index in [4.69, 9.17) is 0 Å². The number of benzene rings is 1. The number of nitro groups is 1. The number of aliphatic carboxylic acids is 1. The summed E-state index contributed by atoms with van der Waals surface area (Å²) in [5.41, 5.74) is -1.44. The summed E-state index contributed by atoms with van der Waals surface area (Å²) in [5.74, 6) is -1.76. The van der Waals surface area contributed by atoms with Gasteiger partial charge < -0.3 is 10.4 Å². The van der Waals surface area contributed by atoms with Gasteiger partial charge in [-0.15, -0.1) is 0 Å². The first-order chi connectivity index (χ1) is 11.4. The first-order valence-corrected chi connectivity index (χ1v) is 7.12. The topological polar surface area (TPSA) is 140 Å². The van der Waals surface area contributed by atoms with Gasteiger partial charge in [0, 0.05) is 11.6 Å². The number of carboxylic acid groups (broad SMARTS) is 1. The maximum absolute atomic E-state index is 12.3. The summed E-state index contributed by atoms with van der Waals surface area (Å²) in [6, 6.07) is 3.85. The van der Waals surface area contributed by atoms with Crippen LogP contribution in [0.2, 0.25) is 0 Å². The van der Waals surface area contributed by atoms with Crippen LogP contribution >= 0.6 is 0 Å². The highest BCUT2D eigenvalue weighted by molar-refractivity contribution is 5.99. The lowest BCUT2D eigenvalue weighted by Gasteiger charge is -2.38. The van der Waals surface area contributed by atoms with Crippen molar-refractivity contribution in [2.24, 2.45) is 0 Å². The van der Waals surface area contributed by atoms with E-state index in [1.807, 2.05) is 0 Å². The van der Waals surface area contributed by atoms with Crippen LogP contribution < -0.4 is 5.32 Å². The van der Waals surface area contributed by atoms with Gasteiger partial charge in [-0.2, -0.15) is 5.10 Å². The molecule has 3 rings (SSSR count). The quantitative estimate of drug-likeness (QED) is 0.613. The molecule has 0 saturated heterocycles. The van der Waals surface area contributed by atoms with E-state index in [0.717, 1.165) is 6.07 Å². The minimum Gasteiger partial charge on any atom is -0.480 e. The van der Waals surface area contributed by atoms with Gasteiger partial charge >= 0.3 is 5.97 Å². The molecule has 1 fully saturated rings. The van der Waals surface area contributed by atoms with Crippen molar-refractivity contribution in [2.45, 2.75) is 24.8 Å². The summed E-state index contributed by atoms with van der Waals surface area (Å²) in [6.45, 7) is 0. The summed E-state index contributed by atoms with van der Waals surface area (Å²) in [4.78, 5) is 38.0. The Kier molecular flexibility index (Phi) is 3.72. The number of amides is 1. The van der Waals surface area contributed by atoms with Gasteiger partial charge in [0.15, 0.2) is 0 Å². The van der Waals surface area contributed by atoms with E-state index in [1.165, 1.54) is 29.5 Å². The fraction of sp³-hybridized carbons (Fsp3) is 0.286. The number of aromatic nitrogens is 3. The van der Waals surface area contributed by atoms with Crippen molar-refractivity contribution < 1.29 is 19.6 Å². The number of nitrogens with zero attached hydrogens (tertiary/aromatic N) is 4. The van der Waals surface area contributed by atoms with Crippen molar-refractivity contribution in [3.63, 3.8) is 0 Å². The molecule has 0 bridgehead atoms. The Bertz CT molecular complexity index is 813. The number of hydrogen-bond donors (Lipinski definition) is 2. The molecule has 2 N–H and O–H groups in total. The highest BCUT2D eigenvalue weighted by atomic mass is 16.6. The second-order valence-corrected chi connectivity index (χ2v) is 5.50. The Labute approximate surface area is 135 Å². The van der Waals surface area contributed by atoms with Crippen molar-refractivity contribution >= 4 is 17.6 Å². The summed E-state index contributed by atoms with van der Waals surface area (Å²) in [5, 5.41) is 26.8. The number of nitro benzene ring substituents is 1. The number of carbonyl (C=O) groups excluding carboxylic acids is 1. The molecule has 24 heavy (non-hydrogen) atoms. The molecule has 1 aromatic carbocycles. The Morgan fingerprint density at radius 3 is 2.62 bits per heavy atom. The van der Waals surface area contributed by atoms with Crippen molar-refractivity contribution in [1.29, 1.82) is 0 Å². The van der Waals surface area contributed by atoms with Crippen LogP contribution in [0.25, 0.3) is 5.69 Å². The molecule has 0 atom stereocenters. The summed E-state index contributed by atoms with van der Waals surface area (Å²) in [7, 11) is 0. The zero-order valence-electron chi connectivity index (χ0n) is 12.4. The molecule has 0 aliphatic heterocycles. The molecule has 1 aliphatic carbocycles. The SMILES string of the molecule is O=C(NC1(C(=O)O)CCC1)c1ccc(-n2cncn2)c([N+](=O)[O-])c1. The molecule has 1 heterocycles. The molecule has 10 nitrogen and oxygen atoms in total. The van der Waals surface area contributed by atoms with E-state index >= 15 is 0 Å². The second kappa shape index (κ2) is 5.72. The van der Waals surface area contributed by atoms with Gasteiger partial charge in [-0.25, -0.2) is 14.5 Å². The standard InChI is InChI=1S/C14H13N5O5/c20-12(17-14(13(21)22)4-1-5-14)9-2-3-10(11(6-9)19(23)24)18-8-15-7-16-18/h2-3,6-8H,1,4-5H2,(H,17,20)(H,21,22). The highest BCUT2D eigenvalue weighted by Gasteiger charge is 2.45. The molecule has 1 amide bonds. The number of nitrogens with one attached hydrogen (secondary N) is 1. The monoisotopic (exact) mass is 331 g/mol. The molecular formula is C14H13N5O5. The fourth-order valence-corrected chi connectivity index (χ4v) is 2.55. The lowest BCUT2D eigenvalue weighted by molar-refractivity contribution is -0.384. The van der Waals surface area contributed by atoms with Crippen LogP contribution in [0.3, 0.4) is 0 Å². The minimum absolute atomic E-state index is 0.0121. The predicted molar refractivity (Wildman–Crippen MR) is 79.7 cm³/mol. The fourth-order valence-electron chi connectivity index (χ4n) is 2.55. The van der Waals surface area contributed by atoms with Crippen LogP contribution in [0.5, 0.6) is 0 Å². The number of carbonyl (C=O) groups is 2. The maximum Gasteiger partial charge on any atom is 0.329 e. The van der Waals surface area contributed by atoms with Crippen LogP contribution in [-0.4, -0.2) is 42.2 Å². The first-order valence-electron chi connectivity index (χ1n) is 7.12. The van der Waals surface area contributed by atoms with Crippen molar-refractivity contribution in [1.82, 2.24) is 20.1 Å². The van der Waals surface area contributed by atoms with Crippen LogP contribution in [-0.2, 0) is 4.79 Å². The Morgan fingerprint density at radius 1 is 1.38 bits per heavy atom. The Balaban J connectivity index is 1.92. The molecule has 10 heteroatoms. The van der Waals surface area contributed by atoms with Crippen molar-refractivity contribution in [3.8, 4) is 5.69 Å². The van der Waals surface area contributed by atoms with E-state index in [-0.39, 0.29) is 16.9 Å². The van der Waals surface area contributed by atoms with Gasteiger partial charge in [0.05, 0.1) is 4.92 Å². The largest absolute Gasteiger partial charge is 0.480 e. The Hall–Kier alpha value is -3.30. The van der Waals surface area contributed by atoms with E-state index < -0.39 is 22.3 Å². The number of carboxylic acids is 1. The van der Waals surface area contributed by atoms with Gasteiger partial charge in [-0.05, 0) is 31.4 Å². The van der Waals surface area contributed by atoms with E-state index in [1.54, 1.807) is 0 Å². The summed E-state index contributed by atoms with van der Waals surface area (Å²) < 4.78 is 1.21. The van der Waals surface area contributed by atoms with Crippen LogP contribution in [0.1, 0.15) is 29.6 Å². The van der Waals surface area contributed by atoms with Gasteiger partial charge in [-0.1, -0.05) is 0 Å². The van der Waals surface area contributed by atoms with E-state index in [0.29, 0.717) is 19.3 Å². The third-order valence-electron chi connectivity index (χ3n) is 4.07. The smallest absolute Gasteiger partial charge is 0.329 e. The molecule has 0 unspecified atom stereocenters. The average Bonchev–Trinajstić information content (AvgIpc) is 3.03. The summed E-state index contributed by atoms with van der Waals surface area (Å²) in [6.07, 6.45) is 3.92. The molecule has 0 spiro atoms. The third kappa shape index (κ3) is 2.57. The number of rotatable bonds is 5. The molecule has 1 saturated carbocycles. The second-order valence-electron chi connectivity index (χ2n) is 5.50. The lowest BCUT2D eigenvalue weighted by atomic mass is 9.76. The third-order valence-corrected chi connectivity index (χ3v) is 4.07. The molecule has 1 aliphatic rings. The van der Waals surface area contributed by atoms with Gasteiger partial charge in [0.2, 0.25) is 0 Å². The van der Waals surface area contributed by atoms with Gasteiger partial charge in [0.1, 0.15) is 23.9 Å². The molecular weight excluding hydrogens is 318 g/mol. The normalized spacial score (nSPS) is 15.3. The Morgan fingerprint density at radius 2 is 2.12 bits per heavy atom. The van der Waals surface area contributed by atoms with E-state index in [2.05, 4.69) is 15.4 Å². The zero-order valence-corrected chi connectivity index (χ0v) is 12.4. The highest BCUT2D eigenvalue weighted by Crippen LogP contribution is 2.32. The first kappa shape index (κ1) is 15.6. The molecule has 2 aromatic rings. The van der Waals surface area contributed by atoms with Crippen LogP contribution in [0.4, 0.5) is 5.69 Å². The summed E-state index contributed by atoms with van der Waals surface area (Å²) >= 11 is 0. The predicted octanol–water partition coefficient (Wildman–Crippen LogP) is 0.913. The van der Waals surface area contributed by atoms with Crippen LogP contribution in [0.15, 0.2) is 30.9 Å².